The molecule has 1 aliphatic carbocycles. The van der Waals surface area contributed by atoms with Crippen molar-refractivity contribution in [2.75, 3.05) is 0 Å². The molecule has 16 heavy (non-hydrogen) atoms. The normalized spacial score (nSPS) is 20.0. The molecule has 0 aliphatic heterocycles. The molecule has 0 saturated heterocycles. The van der Waals surface area contributed by atoms with Crippen LogP contribution in [0.4, 0.5) is 0 Å². The molecule has 0 amide bonds. The quantitative estimate of drug-likeness (QED) is 0.752. The van der Waals surface area contributed by atoms with Gasteiger partial charge in [0, 0.05) is 22.6 Å². The van der Waals surface area contributed by atoms with E-state index in [4.69, 9.17) is 5.73 Å². The zero-order valence-electron chi connectivity index (χ0n) is 9.72. The summed E-state index contributed by atoms with van der Waals surface area (Å²) in [4.78, 5) is 3.60. The van der Waals surface area contributed by atoms with Crippen molar-refractivity contribution in [3.63, 3.8) is 0 Å². The maximum atomic E-state index is 6.06. The zero-order valence-corrected chi connectivity index (χ0v) is 9.72. The monoisotopic (exact) mass is 214 g/mol. The SMILES string of the molecule is CCc1cccc2c3c([nH]c12)CC[C@@H](N)C3. The number of nitrogens with one attached hydrogen (secondary N) is 1. The molecule has 0 saturated carbocycles. The number of aryl methyl sites for hydroxylation is 2. The number of hydrogen-bond acceptors (Lipinski definition) is 1. The molecular weight excluding hydrogens is 196 g/mol. The van der Waals surface area contributed by atoms with Crippen molar-refractivity contribution in [1.29, 1.82) is 0 Å². The van der Waals surface area contributed by atoms with Crippen LogP contribution in [0.5, 0.6) is 0 Å². The lowest BCUT2D eigenvalue weighted by atomic mass is 9.92. The van der Waals surface area contributed by atoms with E-state index in [2.05, 4.69) is 30.1 Å². The van der Waals surface area contributed by atoms with Gasteiger partial charge in [0.2, 0.25) is 0 Å². The van der Waals surface area contributed by atoms with Crippen LogP contribution in [0, 0.1) is 0 Å². The first-order valence-corrected chi connectivity index (χ1v) is 6.16. The van der Waals surface area contributed by atoms with Crippen LogP contribution in [0.25, 0.3) is 10.9 Å². The highest BCUT2D eigenvalue weighted by atomic mass is 14.7. The average molecular weight is 214 g/mol. The molecule has 3 N–H and O–H groups in total. The number of fused-ring (bicyclic) bond motifs is 3. The van der Waals surface area contributed by atoms with Crippen LogP contribution in [0.15, 0.2) is 18.2 Å². The number of nitrogens with two attached hydrogens (primary N) is 1. The fourth-order valence-electron chi connectivity index (χ4n) is 2.82. The Bertz CT molecular complexity index is 525. The van der Waals surface area contributed by atoms with Crippen molar-refractivity contribution in [1.82, 2.24) is 4.98 Å². The Hall–Kier alpha value is -1.28. The molecule has 0 fully saturated rings. The van der Waals surface area contributed by atoms with Crippen LogP contribution < -0.4 is 5.73 Å². The standard InChI is InChI=1S/C14H18N2/c1-2-9-4-3-5-11-12-8-10(15)6-7-13(12)16-14(9)11/h3-5,10,16H,2,6-8,15H2,1H3/t10-/m1/s1. The molecule has 0 unspecified atom stereocenters. The number of hydrogen-bond donors (Lipinski definition) is 2. The molecule has 2 nitrogen and oxygen atoms in total. The lowest BCUT2D eigenvalue weighted by Gasteiger charge is -2.17. The highest BCUT2D eigenvalue weighted by Gasteiger charge is 2.20. The van der Waals surface area contributed by atoms with Gasteiger partial charge in [-0.25, -0.2) is 0 Å². The van der Waals surface area contributed by atoms with Gasteiger partial charge in [0.15, 0.2) is 0 Å². The molecule has 1 heterocycles. The third kappa shape index (κ3) is 1.37. The zero-order chi connectivity index (χ0) is 11.1. The number of H-pyrrole nitrogens is 1. The average Bonchev–Trinajstić information content (AvgIpc) is 2.67. The summed E-state index contributed by atoms with van der Waals surface area (Å²) in [5.74, 6) is 0. The van der Waals surface area contributed by atoms with Crippen molar-refractivity contribution in [2.24, 2.45) is 5.73 Å². The predicted molar refractivity (Wildman–Crippen MR) is 67.7 cm³/mol. The van der Waals surface area contributed by atoms with Crippen molar-refractivity contribution in [2.45, 2.75) is 38.6 Å². The number of aromatic nitrogens is 1. The van der Waals surface area contributed by atoms with Crippen LogP contribution >= 0.6 is 0 Å². The molecule has 0 bridgehead atoms. The number of benzene rings is 1. The van der Waals surface area contributed by atoms with Crippen molar-refractivity contribution in [3.8, 4) is 0 Å². The largest absolute Gasteiger partial charge is 0.358 e. The molecule has 1 aromatic carbocycles. The Morgan fingerprint density at radius 3 is 3.12 bits per heavy atom. The van der Waals surface area contributed by atoms with E-state index in [9.17, 15) is 0 Å². The topological polar surface area (TPSA) is 41.8 Å². The van der Waals surface area contributed by atoms with E-state index in [-0.39, 0.29) is 0 Å². The Labute approximate surface area is 95.8 Å². The second kappa shape index (κ2) is 3.63. The van der Waals surface area contributed by atoms with Crippen molar-refractivity contribution >= 4 is 10.9 Å². The minimum absolute atomic E-state index is 0.344. The lowest BCUT2D eigenvalue weighted by molar-refractivity contribution is 0.574. The highest BCUT2D eigenvalue weighted by molar-refractivity contribution is 5.87. The summed E-state index contributed by atoms with van der Waals surface area (Å²) >= 11 is 0. The summed E-state index contributed by atoms with van der Waals surface area (Å²) in [5, 5.41) is 1.39. The first kappa shape index (κ1) is 9.91. The van der Waals surface area contributed by atoms with E-state index < -0.39 is 0 Å². The van der Waals surface area contributed by atoms with E-state index >= 15 is 0 Å². The van der Waals surface area contributed by atoms with Crippen LogP contribution in [0.1, 0.15) is 30.2 Å². The molecule has 0 spiro atoms. The minimum Gasteiger partial charge on any atom is -0.358 e. The maximum Gasteiger partial charge on any atom is 0.0491 e. The van der Waals surface area contributed by atoms with Gasteiger partial charge in [-0.2, -0.15) is 0 Å². The molecular formula is C14H18N2. The van der Waals surface area contributed by atoms with Gasteiger partial charge in [-0.15, -0.1) is 0 Å². The molecule has 1 aliphatic rings. The minimum atomic E-state index is 0.344. The fraction of sp³-hybridized carbons (Fsp3) is 0.429. The first-order chi connectivity index (χ1) is 7.79. The maximum absolute atomic E-state index is 6.06. The lowest BCUT2D eigenvalue weighted by Crippen LogP contribution is -2.27. The second-order valence-corrected chi connectivity index (χ2v) is 4.78. The van der Waals surface area contributed by atoms with E-state index in [0.717, 1.165) is 25.7 Å². The van der Waals surface area contributed by atoms with Crippen LogP contribution in [-0.2, 0) is 19.3 Å². The summed E-state index contributed by atoms with van der Waals surface area (Å²) in [6, 6.07) is 6.94. The van der Waals surface area contributed by atoms with Crippen molar-refractivity contribution < 1.29 is 0 Å². The second-order valence-electron chi connectivity index (χ2n) is 4.78. The van der Waals surface area contributed by atoms with Gasteiger partial charge in [0.05, 0.1) is 0 Å². The molecule has 3 rings (SSSR count). The first-order valence-electron chi connectivity index (χ1n) is 6.16. The number of rotatable bonds is 1. The third-order valence-corrected chi connectivity index (χ3v) is 3.73. The molecule has 1 aromatic heterocycles. The van der Waals surface area contributed by atoms with Gasteiger partial charge in [-0.3, -0.25) is 0 Å². The van der Waals surface area contributed by atoms with Gasteiger partial charge in [-0.1, -0.05) is 25.1 Å². The molecule has 1 atom stereocenters. The Balaban J connectivity index is 2.25. The van der Waals surface area contributed by atoms with Crippen LogP contribution in [0.3, 0.4) is 0 Å². The Kier molecular flexibility index (Phi) is 2.25. The third-order valence-electron chi connectivity index (χ3n) is 3.73. The summed E-state index contributed by atoms with van der Waals surface area (Å²) in [7, 11) is 0. The molecule has 0 radical (unpaired) electrons. The molecule has 2 heteroatoms. The number of para-hydroxylation sites is 1. The Morgan fingerprint density at radius 2 is 2.31 bits per heavy atom. The molecule has 2 aromatic rings. The highest BCUT2D eigenvalue weighted by Crippen LogP contribution is 2.30. The predicted octanol–water partition coefficient (Wildman–Crippen LogP) is 2.55. The van der Waals surface area contributed by atoms with Gasteiger partial charge in [-0.05, 0) is 36.8 Å². The van der Waals surface area contributed by atoms with E-state index in [0.29, 0.717) is 6.04 Å². The van der Waals surface area contributed by atoms with E-state index in [1.54, 1.807) is 0 Å². The molecule has 84 valence electrons. The summed E-state index contributed by atoms with van der Waals surface area (Å²) < 4.78 is 0. The number of aromatic amines is 1. The van der Waals surface area contributed by atoms with E-state index in [1.807, 2.05) is 0 Å². The van der Waals surface area contributed by atoms with Gasteiger partial charge in [0.25, 0.3) is 0 Å². The van der Waals surface area contributed by atoms with Crippen LogP contribution in [0.2, 0.25) is 0 Å². The van der Waals surface area contributed by atoms with E-state index in [1.165, 1.54) is 27.7 Å². The van der Waals surface area contributed by atoms with Gasteiger partial charge in [0.1, 0.15) is 0 Å². The smallest absolute Gasteiger partial charge is 0.0491 e. The van der Waals surface area contributed by atoms with Crippen molar-refractivity contribution in [3.05, 3.63) is 35.0 Å². The fourth-order valence-corrected chi connectivity index (χ4v) is 2.82. The summed E-state index contributed by atoms with van der Waals surface area (Å²) in [6.45, 7) is 2.21. The Morgan fingerprint density at radius 1 is 1.44 bits per heavy atom. The summed E-state index contributed by atoms with van der Waals surface area (Å²) in [6.07, 6.45) is 4.33. The summed E-state index contributed by atoms with van der Waals surface area (Å²) in [5.41, 5.74) is 11.7. The van der Waals surface area contributed by atoms with Crippen LogP contribution in [-0.4, -0.2) is 11.0 Å². The van der Waals surface area contributed by atoms with Gasteiger partial charge < -0.3 is 10.7 Å². The van der Waals surface area contributed by atoms with Gasteiger partial charge >= 0.3 is 0 Å².